The average Bonchev–Trinajstić information content (AvgIpc) is 3.16. The van der Waals surface area contributed by atoms with Crippen molar-refractivity contribution >= 4 is 21.7 Å². The molecule has 0 bridgehead atoms. The standard InChI is InChI=1S/C17H21BrN4O2/c1-11(2)15(23)17(7-8-19-10-17)9-14-20-21-16(24)22(14)13-5-3-12(18)4-6-13/h3-6,11,19H,7-10H2,1-2H3,(H,21,24)/t17-/m0/s1. The molecule has 128 valence electrons. The Morgan fingerprint density at radius 2 is 2.08 bits per heavy atom. The molecule has 1 aliphatic rings. The number of H-pyrrole nitrogens is 1. The molecule has 2 aromatic rings. The van der Waals surface area contributed by atoms with Crippen molar-refractivity contribution < 1.29 is 4.79 Å². The molecule has 0 saturated carbocycles. The molecule has 2 heterocycles. The van der Waals surface area contributed by atoms with Gasteiger partial charge in [-0.05, 0) is 37.2 Å². The van der Waals surface area contributed by atoms with Crippen LogP contribution in [0.5, 0.6) is 0 Å². The van der Waals surface area contributed by atoms with E-state index in [9.17, 15) is 9.59 Å². The third-order valence-electron chi connectivity index (χ3n) is 4.61. The smallest absolute Gasteiger partial charge is 0.316 e. The van der Waals surface area contributed by atoms with Crippen LogP contribution in [0.4, 0.5) is 0 Å². The van der Waals surface area contributed by atoms with E-state index in [0.717, 1.165) is 23.1 Å². The molecule has 0 amide bonds. The predicted molar refractivity (Wildman–Crippen MR) is 95.4 cm³/mol. The highest BCUT2D eigenvalue weighted by molar-refractivity contribution is 9.10. The molecule has 2 N–H and O–H groups in total. The third-order valence-corrected chi connectivity index (χ3v) is 5.14. The number of hydrogen-bond donors (Lipinski definition) is 2. The topological polar surface area (TPSA) is 79.8 Å². The van der Waals surface area contributed by atoms with Gasteiger partial charge in [0, 0.05) is 28.8 Å². The molecule has 3 rings (SSSR count). The first kappa shape index (κ1) is 17.1. The minimum Gasteiger partial charge on any atom is -0.316 e. The second-order valence-electron chi connectivity index (χ2n) is 6.66. The van der Waals surface area contributed by atoms with E-state index in [1.165, 1.54) is 0 Å². The molecule has 0 spiro atoms. The average molecular weight is 393 g/mol. The van der Waals surface area contributed by atoms with Gasteiger partial charge in [-0.25, -0.2) is 14.5 Å². The summed E-state index contributed by atoms with van der Waals surface area (Å²) < 4.78 is 2.50. The number of carbonyl (C=O) groups is 1. The van der Waals surface area contributed by atoms with Crippen molar-refractivity contribution in [2.45, 2.75) is 26.7 Å². The molecule has 1 fully saturated rings. The van der Waals surface area contributed by atoms with E-state index in [2.05, 4.69) is 31.4 Å². The predicted octanol–water partition coefficient (Wildman–Crippen LogP) is 2.07. The van der Waals surface area contributed by atoms with Crippen LogP contribution >= 0.6 is 15.9 Å². The quantitative estimate of drug-likeness (QED) is 0.815. The highest BCUT2D eigenvalue weighted by Gasteiger charge is 2.43. The number of nitrogens with zero attached hydrogens (tertiary/aromatic N) is 2. The fourth-order valence-electron chi connectivity index (χ4n) is 3.41. The Labute approximate surface area is 148 Å². The van der Waals surface area contributed by atoms with Crippen LogP contribution < -0.4 is 11.0 Å². The number of ketones is 1. The van der Waals surface area contributed by atoms with E-state index < -0.39 is 5.41 Å². The highest BCUT2D eigenvalue weighted by atomic mass is 79.9. The molecule has 1 aliphatic heterocycles. The number of hydrogen-bond acceptors (Lipinski definition) is 4. The van der Waals surface area contributed by atoms with Crippen molar-refractivity contribution in [3.05, 3.63) is 45.0 Å². The van der Waals surface area contributed by atoms with Gasteiger partial charge in [0.15, 0.2) is 0 Å². The van der Waals surface area contributed by atoms with Crippen molar-refractivity contribution in [3.8, 4) is 5.69 Å². The normalized spacial score (nSPS) is 20.7. The zero-order valence-electron chi connectivity index (χ0n) is 13.8. The maximum atomic E-state index is 12.8. The number of aromatic nitrogens is 3. The second-order valence-corrected chi connectivity index (χ2v) is 7.58. The van der Waals surface area contributed by atoms with Gasteiger partial charge in [0.1, 0.15) is 11.6 Å². The Balaban J connectivity index is 2.00. The fraction of sp³-hybridized carbons (Fsp3) is 0.471. The van der Waals surface area contributed by atoms with Gasteiger partial charge in [0.2, 0.25) is 0 Å². The van der Waals surface area contributed by atoms with Gasteiger partial charge in [0.05, 0.1) is 5.69 Å². The van der Waals surface area contributed by atoms with Gasteiger partial charge in [-0.1, -0.05) is 29.8 Å². The van der Waals surface area contributed by atoms with Crippen molar-refractivity contribution in [2.75, 3.05) is 13.1 Å². The molecule has 24 heavy (non-hydrogen) atoms. The molecule has 1 aromatic heterocycles. The van der Waals surface area contributed by atoms with E-state index in [0.29, 0.717) is 18.8 Å². The number of carbonyl (C=O) groups excluding carboxylic acids is 1. The number of Topliss-reactive ketones (excluding diaryl/α,β-unsaturated/α-hetero) is 1. The van der Waals surface area contributed by atoms with Gasteiger partial charge in [-0.2, -0.15) is 5.10 Å². The first-order chi connectivity index (χ1) is 11.4. The maximum Gasteiger partial charge on any atom is 0.347 e. The van der Waals surface area contributed by atoms with Gasteiger partial charge < -0.3 is 5.32 Å². The lowest BCUT2D eigenvalue weighted by Gasteiger charge is -2.28. The number of rotatable bonds is 5. The van der Waals surface area contributed by atoms with Crippen LogP contribution in [0.15, 0.2) is 33.5 Å². The van der Waals surface area contributed by atoms with Crippen LogP contribution in [-0.2, 0) is 11.2 Å². The zero-order chi connectivity index (χ0) is 17.3. The van der Waals surface area contributed by atoms with Crippen LogP contribution in [0.3, 0.4) is 0 Å². The van der Waals surface area contributed by atoms with Crippen molar-refractivity contribution in [1.82, 2.24) is 20.1 Å². The number of halogens is 1. The highest BCUT2D eigenvalue weighted by Crippen LogP contribution is 2.33. The van der Waals surface area contributed by atoms with Crippen LogP contribution in [-0.4, -0.2) is 33.6 Å². The Bertz CT molecular complexity index is 786. The summed E-state index contributed by atoms with van der Waals surface area (Å²) in [4.78, 5) is 25.0. The van der Waals surface area contributed by atoms with Gasteiger partial charge in [-0.3, -0.25) is 4.79 Å². The molecule has 1 atom stereocenters. The Hall–Kier alpha value is -1.73. The fourth-order valence-corrected chi connectivity index (χ4v) is 3.68. The van der Waals surface area contributed by atoms with Gasteiger partial charge >= 0.3 is 5.69 Å². The molecular formula is C17H21BrN4O2. The summed E-state index contributed by atoms with van der Waals surface area (Å²) in [5.41, 5.74) is -0.0390. The summed E-state index contributed by atoms with van der Waals surface area (Å²) in [6.45, 7) is 5.29. The van der Waals surface area contributed by atoms with Crippen molar-refractivity contribution in [3.63, 3.8) is 0 Å². The number of nitrogens with one attached hydrogen (secondary N) is 2. The monoisotopic (exact) mass is 392 g/mol. The zero-order valence-corrected chi connectivity index (χ0v) is 15.4. The summed E-state index contributed by atoms with van der Waals surface area (Å²) in [6.07, 6.45) is 1.22. The van der Waals surface area contributed by atoms with E-state index >= 15 is 0 Å². The molecule has 0 unspecified atom stereocenters. The SMILES string of the molecule is CC(C)C(=O)[C@]1(Cc2n[nH]c(=O)n2-c2ccc(Br)cc2)CCNC1. The summed E-state index contributed by atoms with van der Waals surface area (Å²) in [7, 11) is 0. The van der Waals surface area contributed by atoms with Crippen molar-refractivity contribution in [2.24, 2.45) is 11.3 Å². The Kier molecular flexibility index (Phi) is 4.73. The molecule has 0 radical (unpaired) electrons. The number of benzene rings is 1. The van der Waals surface area contributed by atoms with E-state index in [4.69, 9.17) is 0 Å². The maximum absolute atomic E-state index is 12.8. The first-order valence-corrected chi connectivity index (χ1v) is 8.89. The molecule has 6 nitrogen and oxygen atoms in total. The minimum absolute atomic E-state index is 0.0447. The first-order valence-electron chi connectivity index (χ1n) is 8.10. The molecule has 7 heteroatoms. The molecular weight excluding hydrogens is 372 g/mol. The lowest BCUT2D eigenvalue weighted by atomic mass is 9.75. The number of aromatic amines is 1. The van der Waals surface area contributed by atoms with E-state index in [-0.39, 0.29) is 17.4 Å². The van der Waals surface area contributed by atoms with Crippen LogP contribution in [0.2, 0.25) is 0 Å². The van der Waals surface area contributed by atoms with E-state index in [1.807, 2.05) is 38.1 Å². The lowest BCUT2D eigenvalue weighted by molar-refractivity contribution is -0.131. The summed E-state index contributed by atoms with van der Waals surface area (Å²) in [5, 5.41) is 10.0. The van der Waals surface area contributed by atoms with Crippen molar-refractivity contribution in [1.29, 1.82) is 0 Å². The van der Waals surface area contributed by atoms with Crippen LogP contribution in [0.25, 0.3) is 5.69 Å². The Morgan fingerprint density at radius 1 is 1.38 bits per heavy atom. The van der Waals surface area contributed by atoms with E-state index in [1.54, 1.807) is 4.57 Å². The molecule has 1 saturated heterocycles. The Morgan fingerprint density at radius 3 is 2.67 bits per heavy atom. The van der Waals surface area contributed by atoms with Gasteiger partial charge in [-0.15, -0.1) is 0 Å². The summed E-state index contributed by atoms with van der Waals surface area (Å²) >= 11 is 3.40. The summed E-state index contributed by atoms with van der Waals surface area (Å²) in [6, 6.07) is 7.47. The minimum atomic E-state index is -0.493. The summed E-state index contributed by atoms with van der Waals surface area (Å²) in [5.74, 6) is 0.780. The molecule has 1 aromatic carbocycles. The van der Waals surface area contributed by atoms with Crippen LogP contribution in [0, 0.1) is 11.3 Å². The van der Waals surface area contributed by atoms with Gasteiger partial charge in [0.25, 0.3) is 0 Å². The second kappa shape index (κ2) is 6.64. The largest absolute Gasteiger partial charge is 0.347 e. The van der Waals surface area contributed by atoms with Crippen LogP contribution in [0.1, 0.15) is 26.1 Å². The third kappa shape index (κ3) is 3.10. The lowest BCUT2D eigenvalue weighted by Crippen LogP contribution is -2.39. The molecule has 0 aliphatic carbocycles.